The lowest BCUT2D eigenvalue weighted by Crippen LogP contribution is -2.40. The van der Waals surface area contributed by atoms with Crippen molar-refractivity contribution in [3.05, 3.63) is 59.7 Å². The summed E-state index contributed by atoms with van der Waals surface area (Å²) in [6.07, 6.45) is 0.220. The lowest BCUT2D eigenvalue weighted by Gasteiger charge is -2.31. The van der Waals surface area contributed by atoms with Crippen LogP contribution in [0, 0.1) is 0 Å². The quantitative estimate of drug-likeness (QED) is 0.848. The molecule has 0 aromatic heterocycles. The summed E-state index contributed by atoms with van der Waals surface area (Å²) in [7, 11) is 1.85. The molecular formula is C21H24N2O3. The number of hydrogen-bond acceptors (Lipinski definition) is 4. The van der Waals surface area contributed by atoms with Gasteiger partial charge in [0.05, 0.1) is 13.2 Å². The predicted molar refractivity (Wildman–Crippen MR) is 101 cm³/mol. The Morgan fingerprint density at radius 3 is 2.65 bits per heavy atom. The number of hydrogen-bond donors (Lipinski definition) is 0. The Labute approximate surface area is 154 Å². The molecule has 0 saturated carbocycles. The van der Waals surface area contributed by atoms with Gasteiger partial charge in [-0.25, -0.2) is 0 Å². The van der Waals surface area contributed by atoms with Gasteiger partial charge in [0.2, 0.25) is 0 Å². The van der Waals surface area contributed by atoms with E-state index in [4.69, 9.17) is 9.47 Å². The van der Waals surface area contributed by atoms with E-state index in [1.807, 2.05) is 43.4 Å². The van der Waals surface area contributed by atoms with Crippen molar-refractivity contribution in [1.29, 1.82) is 0 Å². The molecule has 4 rings (SSSR count). The van der Waals surface area contributed by atoms with Gasteiger partial charge in [-0.2, -0.15) is 0 Å². The summed E-state index contributed by atoms with van der Waals surface area (Å²) in [5.41, 5.74) is 3.44. The molecule has 2 heterocycles. The molecular weight excluding hydrogens is 328 g/mol. The van der Waals surface area contributed by atoms with Crippen molar-refractivity contribution in [3.63, 3.8) is 0 Å². The van der Waals surface area contributed by atoms with Crippen molar-refractivity contribution in [2.45, 2.75) is 19.1 Å². The van der Waals surface area contributed by atoms with Gasteiger partial charge in [-0.15, -0.1) is 0 Å². The lowest BCUT2D eigenvalue weighted by molar-refractivity contribution is -0.137. The highest BCUT2D eigenvalue weighted by molar-refractivity contribution is 5.82. The maximum Gasteiger partial charge on any atom is 0.264 e. The number of likely N-dealkylation sites (N-methyl/N-ethyl adjacent to an activating group) is 1. The van der Waals surface area contributed by atoms with Gasteiger partial charge in [0.15, 0.2) is 6.10 Å². The number of para-hydroxylation sites is 2. The molecule has 0 unspecified atom stereocenters. The number of rotatable bonds is 4. The van der Waals surface area contributed by atoms with Crippen molar-refractivity contribution in [2.75, 3.05) is 38.3 Å². The second kappa shape index (κ2) is 7.38. The van der Waals surface area contributed by atoms with Crippen LogP contribution in [0.1, 0.15) is 11.1 Å². The van der Waals surface area contributed by atoms with Crippen molar-refractivity contribution in [2.24, 2.45) is 0 Å². The summed E-state index contributed by atoms with van der Waals surface area (Å²) in [6, 6.07) is 16.2. The summed E-state index contributed by atoms with van der Waals surface area (Å²) in [6.45, 7) is 3.84. The molecule has 0 N–H and O–H groups in total. The van der Waals surface area contributed by atoms with E-state index in [9.17, 15) is 4.79 Å². The van der Waals surface area contributed by atoms with E-state index in [-0.39, 0.29) is 5.91 Å². The van der Waals surface area contributed by atoms with Gasteiger partial charge in [-0.1, -0.05) is 36.4 Å². The van der Waals surface area contributed by atoms with Gasteiger partial charge in [0.25, 0.3) is 5.91 Å². The summed E-state index contributed by atoms with van der Waals surface area (Å²) in [5.74, 6) is 0.853. The zero-order valence-corrected chi connectivity index (χ0v) is 15.1. The SMILES string of the molecule is CN(Cc1ccccc1N1CCOCC1)C(=O)[C@@H]1Cc2ccccc2O1. The first-order chi connectivity index (χ1) is 12.7. The molecule has 1 saturated heterocycles. The molecule has 136 valence electrons. The van der Waals surface area contributed by atoms with Crippen LogP contribution in [-0.2, 0) is 22.5 Å². The third kappa shape index (κ3) is 3.40. The highest BCUT2D eigenvalue weighted by Gasteiger charge is 2.31. The van der Waals surface area contributed by atoms with Crippen LogP contribution in [0.3, 0.4) is 0 Å². The van der Waals surface area contributed by atoms with Crippen LogP contribution >= 0.6 is 0 Å². The van der Waals surface area contributed by atoms with Crippen LogP contribution in [0.25, 0.3) is 0 Å². The summed E-state index contributed by atoms with van der Waals surface area (Å²) in [5, 5.41) is 0. The number of morpholine rings is 1. The molecule has 2 aromatic carbocycles. The van der Waals surface area contributed by atoms with E-state index in [0.29, 0.717) is 13.0 Å². The van der Waals surface area contributed by atoms with Gasteiger partial charge in [-0.3, -0.25) is 4.79 Å². The van der Waals surface area contributed by atoms with Gasteiger partial charge in [0, 0.05) is 38.8 Å². The van der Waals surface area contributed by atoms with Crippen LogP contribution in [-0.4, -0.2) is 50.3 Å². The van der Waals surface area contributed by atoms with Crippen LogP contribution in [0.15, 0.2) is 48.5 Å². The van der Waals surface area contributed by atoms with E-state index in [2.05, 4.69) is 17.0 Å². The van der Waals surface area contributed by atoms with Crippen LogP contribution in [0.2, 0.25) is 0 Å². The summed E-state index contributed by atoms with van der Waals surface area (Å²) < 4.78 is 11.3. The van der Waals surface area contributed by atoms with E-state index in [1.165, 1.54) is 5.69 Å². The van der Waals surface area contributed by atoms with Gasteiger partial charge in [0.1, 0.15) is 5.75 Å². The first kappa shape index (κ1) is 16.9. The van der Waals surface area contributed by atoms with Crippen LogP contribution < -0.4 is 9.64 Å². The molecule has 1 amide bonds. The maximum atomic E-state index is 12.9. The van der Waals surface area contributed by atoms with Crippen molar-refractivity contribution < 1.29 is 14.3 Å². The summed E-state index contributed by atoms with van der Waals surface area (Å²) >= 11 is 0. The topological polar surface area (TPSA) is 42.0 Å². The van der Waals surface area contributed by atoms with E-state index in [1.54, 1.807) is 4.90 Å². The molecule has 2 aliphatic rings. The highest BCUT2D eigenvalue weighted by atomic mass is 16.5. The Kier molecular flexibility index (Phi) is 4.80. The molecule has 5 nitrogen and oxygen atoms in total. The number of anilines is 1. The minimum Gasteiger partial charge on any atom is -0.480 e. The molecule has 2 aliphatic heterocycles. The molecule has 1 fully saturated rings. The number of carbonyl (C=O) groups excluding carboxylic acids is 1. The smallest absolute Gasteiger partial charge is 0.264 e. The van der Waals surface area contributed by atoms with Crippen molar-refractivity contribution in [3.8, 4) is 5.75 Å². The lowest BCUT2D eigenvalue weighted by atomic mass is 10.1. The predicted octanol–water partition coefficient (Wildman–Crippen LogP) is 2.49. The number of benzene rings is 2. The Morgan fingerprint density at radius 2 is 1.85 bits per heavy atom. The minimum atomic E-state index is -0.423. The standard InChI is InChI=1S/C21H24N2O3/c1-22(21(24)20-14-16-6-3-5-9-19(16)26-20)15-17-7-2-4-8-18(17)23-10-12-25-13-11-23/h2-9,20H,10-15H2,1H3/t20-/m0/s1. The molecule has 26 heavy (non-hydrogen) atoms. The van der Waals surface area contributed by atoms with Crippen LogP contribution in [0.5, 0.6) is 5.75 Å². The van der Waals surface area contributed by atoms with E-state index < -0.39 is 6.10 Å². The van der Waals surface area contributed by atoms with Crippen molar-refractivity contribution in [1.82, 2.24) is 4.90 Å². The molecule has 5 heteroatoms. The number of carbonyl (C=O) groups is 1. The van der Waals surface area contributed by atoms with Crippen molar-refractivity contribution >= 4 is 11.6 Å². The number of amides is 1. The Hall–Kier alpha value is -2.53. The zero-order chi connectivity index (χ0) is 17.9. The fraction of sp³-hybridized carbons (Fsp3) is 0.381. The fourth-order valence-corrected chi connectivity index (χ4v) is 3.66. The zero-order valence-electron chi connectivity index (χ0n) is 15.1. The molecule has 1 atom stereocenters. The molecule has 0 radical (unpaired) electrons. The largest absolute Gasteiger partial charge is 0.480 e. The van der Waals surface area contributed by atoms with E-state index in [0.717, 1.165) is 43.2 Å². The van der Waals surface area contributed by atoms with Gasteiger partial charge < -0.3 is 19.3 Å². The third-order valence-electron chi connectivity index (χ3n) is 5.05. The highest BCUT2D eigenvalue weighted by Crippen LogP contribution is 2.29. The molecule has 0 spiro atoms. The molecule has 0 aliphatic carbocycles. The summed E-state index contributed by atoms with van der Waals surface area (Å²) in [4.78, 5) is 17.0. The third-order valence-corrected chi connectivity index (χ3v) is 5.05. The minimum absolute atomic E-state index is 0.0259. The average Bonchev–Trinajstić information content (AvgIpc) is 3.12. The molecule has 2 aromatic rings. The first-order valence-electron chi connectivity index (χ1n) is 9.12. The normalized spacial score (nSPS) is 19.0. The second-order valence-electron chi connectivity index (χ2n) is 6.84. The average molecular weight is 352 g/mol. The fourth-order valence-electron chi connectivity index (χ4n) is 3.66. The van der Waals surface area contributed by atoms with E-state index >= 15 is 0 Å². The van der Waals surface area contributed by atoms with Gasteiger partial charge >= 0.3 is 0 Å². The number of ether oxygens (including phenoxy) is 2. The Balaban J connectivity index is 1.45. The first-order valence-corrected chi connectivity index (χ1v) is 9.12. The number of fused-ring (bicyclic) bond motifs is 1. The number of nitrogens with zero attached hydrogens (tertiary/aromatic N) is 2. The maximum absolute atomic E-state index is 12.9. The Bertz CT molecular complexity index is 761. The molecule has 0 bridgehead atoms. The van der Waals surface area contributed by atoms with Gasteiger partial charge in [-0.05, 0) is 23.3 Å². The Morgan fingerprint density at radius 1 is 1.12 bits per heavy atom. The monoisotopic (exact) mass is 352 g/mol. The second-order valence-corrected chi connectivity index (χ2v) is 6.84. The van der Waals surface area contributed by atoms with Crippen LogP contribution in [0.4, 0.5) is 5.69 Å².